The molecule has 0 spiro atoms. The van der Waals surface area contributed by atoms with E-state index in [1.54, 1.807) is 0 Å². The quantitative estimate of drug-likeness (QED) is 0.468. The summed E-state index contributed by atoms with van der Waals surface area (Å²) in [6.07, 6.45) is 6.55. The van der Waals surface area contributed by atoms with E-state index in [0.717, 1.165) is 43.9 Å². The molecule has 0 saturated carbocycles. The second-order valence-electron chi connectivity index (χ2n) is 9.43. The van der Waals surface area contributed by atoms with Gasteiger partial charge in [-0.2, -0.15) is 0 Å². The maximum atomic E-state index is 4.72. The normalized spacial score (nSPS) is 19.4. The van der Waals surface area contributed by atoms with Crippen LogP contribution >= 0.6 is 0 Å². The number of aromatic amines is 1. The monoisotopic (exact) mass is 437 g/mol. The first-order valence-electron chi connectivity index (χ1n) is 12.1. The molecule has 6 rings (SSSR count). The lowest BCUT2D eigenvalue weighted by Gasteiger charge is -2.34. The predicted molar refractivity (Wildman–Crippen MR) is 137 cm³/mol. The summed E-state index contributed by atoms with van der Waals surface area (Å²) < 4.78 is 0. The van der Waals surface area contributed by atoms with Crippen LogP contribution in [0.1, 0.15) is 24.4 Å². The van der Waals surface area contributed by atoms with Crippen molar-refractivity contribution >= 4 is 16.7 Å². The standard InChI is InChI=1S/C28H31N5/c1-32-13-15-33(16-14-32)24-10-8-20(9-11-24)23-17-25-26(19-31-28(25)30-18-23)21-4-6-22(7-5-21)27-3-2-12-29-27/h4-11,17-19,27,29H,2-3,12-16H2,1H3,(H,30,31). The molecule has 2 fully saturated rings. The molecule has 168 valence electrons. The summed E-state index contributed by atoms with van der Waals surface area (Å²) in [7, 11) is 2.19. The Morgan fingerprint density at radius 1 is 0.879 bits per heavy atom. The van der Waals surface area contributed by atoms with Crippen molar-refractivity contribution in [3.8, 4) is 22.3 Å². The highest BCUT2D eigenvalue weighted by Gasteiger charge is 2.17. The summed E-state index contributed by atoms with van der Waals surface area (Å²) in [4.78, 5) is 12.9. The van der Waals surface area contributed by atoms with E-state index in [9.17, 15) is 0 Å². The van der Waals surface area contributed by atoms with Crippen LogP contribution in [-0.4, -0.2) is 54.6 Å². The van der Waals surface area contributed by atoms with Crippen molar-refractivity contribution in [2.24, 2.45) is 0 Å². The van der Waals surface area contributed by atoms with Gasteiger partial charge in [-0.05, 0) is 61.3 Å². The third kappa shape index (κ3) is 4.03. The summed E-state index contributed by atoms with van der Waals surface area (Å²) >= 11 is 0. The fourth-order valence-electron chi connectivity index (χ4n) is 5.19. The molecule has 0 amide bonds. The van der Waals surface area contributed by atoms with Gasteiger partial charge in [0.05, 0.1) is 0 Å². The van der Waals surface area contributed by atoms with Gasteiger partial charge in [0.15, 0.2) is 0 Å². The zero-order valence-corrected chi connectivity index (χ0v) is 19.2. The van der Waals surface area contributed by atoms with Gasteiger partial charge >= 0.3 is 0 Å². The van der Waals surface area contributed by atoms with E-state index < -0.39 is 0 Å². The van der Waals surface area contributed by atoms with Crippen LogP contribution in [0.25, 0.3) is 33.3 Å². The Morgan fingerprint density at radius 2 is 1.64 bits per heavy atom. The Hall–Kier alpha value is -3.15. The molecule has 2 aromatic heterocycles. The van der Waals surface area contributed by atoms with Crippen LogP contribution in [-0.2, 0) is 0 Å². The molecule has 5 nitrogen and oxygen atoms in total. The lowest BCUT2D eigenvalue weighted by molar-refractivity contribution is 0.313. The molecular weight excluding hydrogens is 406 g/mol. The molecule has 2 aliphatic heterocycles. The number of piperazine rings is 1. The third-order valence-corrected chi connectivity index (χ3v) is 7.28. The van der Waals surface area contributed by atoms with Crippen LogP contribution in [0.4, 0.5) is 5.69 Å². The number of anilines is 1. The summed E-state index contributed by atoms with van der Waals surface area (Å²) in [6.45, 7) is 5.55. The van der Waals surface area contributed by atoms with E-state index >= 15 is 0 Å². The molecule has 2 aromatic carbocycles. The smallest absolute Gasteiger partial charge is 0.137 e. The number of pyridine rings is 1. The van der Waals surface area contributed by atoms with Crippen molar-refractivity contribution in [3.05, 3.63) is 72.6 Å². The van der Waals surface area contributed by atoms with E-state index in [2.05, 4.69) is 87.9 Å². The SMILES string of the molecule is CN1CCN(c2ccc(-c3cnc4[nH]cc(-c5ccc(C6CCCN6)cc5)c4c3)cc2)CC1. The zero-order valence-electron chi connectivity index (χ0n) is 19.2. The van der Waals surface area contributed by atoms with E-state index in [0.29, 0.717) is 6.04 Å². The maximum Gasteiger partial charge on any atom is 0.137 e. The number of aromatic nitrogens is 2. The van der Waals surface area contributed by atoms with Crippen molar-refractivity contribution < 1.29 is 0 Å². The molecule has 2 saturated heterocycles. The van der Waals surface area contributed by atoms with Gasteiger partial charge in [-0.1, -0.05) is 36.4 Å². The van der Waals surface area contributed by atoms with E-state index in [4.69, 9.17) is 4.98 Å². The molecule has 1 unspecified atom stereocenters. The van der Waals surface area contributed by atoms with Crippen molar-refractivity contribution in [1.29, 1.82) is 0 Å². The van der Waals surface area contributed by atoms with Crippen molar-refractivity contribution in [2.45, 2.75) is 18.9 Å². The molecule has 0 radical (unpaired) electrons. The Kier molecular flexibility index (Phi) is 5.36. The number of benzene rings is 2. The number of hydrogen-bond acceptors (Lipinski definition) is 4. The molecular formula is C28H31N5. The molecule has 0 aliphatic carbocycles. The summed E-state index contributed by atoms with van der Waals surface area (Å²) in [5, 5.41) is 4.76. The molecule has 5 heteroatoms. The van der Waals surface area contributed by atoms with Crippen LogP contribution in [0.5, 0.6) is 0 Å². The molecule has 33 heavy (non-hydrogen) atoms. The Bertz CT molecular complexity index is 1230. The Morgan fingerprint density at radius 3 is 2.36 bits per heavy atom. The predicted octanol–water partition coefficient (Wildman–Crippen LogP) is 5.07. The first-order chi connectivity index (χ1) is 16.2. The summed E-state index contributed by atoms with van der Waals surface area (Å²) in [5.41, 5.74) is 8.42. The lowest BCUT2D eigenvalue weighted by Crippen LogP contribution is -2.44. The van der Waals surface area contributed by atoms with E-state index in [1.807, 2.05) is 6.20 Å². The number of fused-ring (bicyclic) bond motifs is 1. The number of nitrogens with zero attached hydrogens (tertiary/aromatic N) is 3. The van der Waals surface area contributed by atoms with Crippen LogP contribution < -0.4 is 10.2 Å². The van der Waals surface area contributed by atoms with Gasteiger partial charge in [-0.25, -0.2) is 4.98 Å². The van der Waals surface area contributed by atoms with Crippen LogP contribution in [0, 0.1) is 0 Å². The zero-order chi connectivity index (χ0) is 22.2. The lowest BCUT2D eigenvalue weighted by atomic mass is 9.99. The molecule has 4 aromatic rings. The van der Waals surface area contributed by atoms with E-state index in [-0.39, 0.29) is 0 Å². The highest BCUT2D eigenvalue weighted by molar-refractivity contribution is 5.95. The molecule has 0 bridgehead atoms. The summed E-state index contributed by atoms with van der Waals surface area (Å²) in [5.74, 6) is 0. The average molecular weight is 438 g/mol. The highest BCUT2D eigenvalue weighted by atomic mass is 15.2. The second-order valence-corrected chi connectivity index (χ2v) is 9.43. The van der Waals surface area contributed by atoms with Gasteiger partial charge < -0.3 is 20.1 Å². The van der Waals surface area contributed by atoms with Crippen LogP contribution in [0.2, 0.25) is 0 Å². The first kappa shape index (κ1) is 20.5. The molecule has 2 aliphatic rings. The topological polar surface area (TPSA) is 47.2 Å². The van der Waals surface area contributed by atoms with Crippen molar-refractivity contribution in [3.63, 3.8) is 0 Å². The maximum absolute atomic E-state index is 4.72. The number of likely N-dealkylation sites (N-methyl/N-ethyl adjacent to an activating group) is 1. The minimum Gasteiger partial charge on any atom is -0.369 e. The van der Waals surface area contributed by atoms with Crippen LogP contribution in [0.3, 0.4) is 0 Å². The number of H-pyrrole nitrogens is 1. The van der Waals surface area contributed by atoms with Crippen molar-refractivity contribution in [2.75, 3.05) is 44.7 Å². The van der Waals surface area contributed by atoms with Gasteiger partial charge in [0.2, 0.25) is 0 Å². The average Bonchev–Trinajstić information content (AvgIpc) is 3.55. The van der Waals surface area contributed by atoms with Gasteiger partial charge in [-0.3, -0.25) is 0 Å². The third-order valence-electron chi connectivity index (χ3n) is 7.28. The van der Waals surface area contributed by atoms with Gasteiger partial charge in [0.1, 0.15) is 5.65 Å². The van der Waals surface area contributed by atoms with Gasteiger partial charge in [-0.15, -0.1) is 0 Å². The van der Waals surface area contributed by atoms with Gasteiger partial charge in [0.25, 0.3) is 0 Å². The number of rotatable bonds is 4. The Labute approximate surface area is 195 Å². The van der Waals surface area contributed by atoms with E-state index in [1.165, 1.54) is 46.2 Å². The fraction of sp³-hybridized carbons (Fsp3) is 0.321. The first-order valence-corrected chi connectivity index (χ1v) is 12.1. The number of hydrogen-bond donors (Lipinski definition) is 2. The van der Waals surface area contributed by atoms with Crippen LogP contribution in [0.15, 0.2) is 67.0 Å². The summed E-state index contributed by atoms with van der Waals surface area (Å²) in [6, 6.07) is 20.8. The highest BCUT2D eigenvalue weighted by Crippen LogP contribution is 2.33. The molecule has 4 heterocycles. The minimum atomic E-state index is 0.504. The number of nitrogens with one attached hydrogen (secondary N) is 2. The van der Waals surface area contributed by atoms with Gasteiger partial charge in [0, 0.05) is 66.8 Å². The Balaban J connectivity index is 1.27. The molecule has 2 N–H and O–H groups in total. The fourth-order valence-corrected chi connectivity index (χ4v) is 5.19. The minimum absolute atomic E-state index is 0.504. The largest absolute Gasteiger partial charge is 0.369 e. The van der Waals surface area contributed by atoms with Crippen molar-refractivity contribution in [1.82, 2.24) is 20.2 Å². The second kappa shape index (κ2) is 8.65. The molecule has 1 atom stereocenters.